The molecule has 128 valence electrons. The highest BCUT2D eigenvalue weighted by molar-refractivity contribution is 5.38. The first-order valence-electron chi connectivity index (χ1n) is 8.16. The molecule has 2 saturated heterocycles. The smallest absolute Gasteiger partial charge is 0.387 e. The molecule has 0 radical (unpaired) electrons. The van der Waals surface area contributed by atoms with Gasteiger partial charge in [0.2, 0.25) is 0 Å². The van der Waals surface area contributed by atoms with Crippen molar-refractivity contribution in [3.63, 3.8) is 0 Å². The van der Waals surface area contributed by atoms with Crippen LogP contribution in [0.2, 0.25) is 0 Å². The van der Waals surface area contributed by atoms with Crippen LogP contribution in [0.3, 0.4) is 0 Å². The first-order chi connectivity index (χ1) is 11.2. The maximum absolute atomic E-state index is 12.1. The van der Waals surface area contributed by atoms with E-state index < -0.39 is 6.61 Å². The maximum Gasteiger partial charge on any atom is 0.387 e. The molecule has 0 spiro atoms. The van der Waals surface area contributed by atoms with Gasteiger partial charge in [-0.1, -0.05) is 0 Å². The second-order valence-corrected chi connectivity index (χ2v) is 6.21. The monoisotopic (exact) mass is 327 g/mol. The number of halogens is 2. The van der Waals surface area contributed by atoms with Crippen LogP contribution in [0, 0.1) is 5.92 Å². The number of nitrogens with zero attached hydrogens (tertiary/aromatic N) is 2. The van der Waals surface area contributed by atoms with Crippen LogP contribution in [-0.2, 0) is 4.74 Å². The summed E-state index contributed by atoms with van der Waals surface area (Å²) in [6.45, 7) is 2.26. The lowest BCUT2D eigenvalue weighted by molar-refractivity contribution is -0.0500. The van der Waals surface area contributed by atoms with Gasteiger partial charge in [-0.2, -0.15) is 8.78 Å². The van der Waals surface area contributed by atoms with Crippen LogP contribution in [0.15, 0.2) is 18.3 Å². The molecule has 3 rings (SSSR count). The number of likely N-dealkylation sites (tertiary alicyclic amines) is 1. The summed E-state index contributed by atoms with van der Waals surface area (Å²) in [6.07, 6.45) is 4.62. The summed E-state index contributed by atoms with van der Waals surface area (Å²) >= 11 is 0. The number of anilines is 1. The Bertz CT molecular complexity index is 473. The molecule has 0 amide bonds. The predicted molar refractivity (Wildman–Crippen MR) is 82.9 cm³/mol. The zero-order chi connectivity index (χ0) is 16.1. The van der Waals surface area contributed by atoms with Gasteiger partial charge in [0, 0.05) is 32.3 Å². The molecule has 1 unspecified atom stereocenters. The summed E-state index contributed by atoms with van der Waals surface area (Å²) in [5.74, 6) is 1.47. The van der Waals surface area contributed by atoms with Gasteiger partial charge in [0.05, 0.1) is 12.8 Å². The minimum Gasteiger partial charge on any atom is -0.433 e. The number of piperidine rings is 1. The lowest BCUT2D eigenvalue weighted by atomic mass is 10.0. The zero-order valence-corrected chi connectivity index (χ0v) is 13.1. The van der Waals surface area contributed by atoms with Gasteiger partial charge in [0.1, 0.15) is 11.6 Å². The van der Waals surface area contributed by atoms with Crippen molar-refractivity contribution in [1.29, 1.82) is 0 Å². The first-order valence-corrected chi connectivity index (χ1v) is 8.16. The third kappa shape index (κ3) is 5.00. The summed E-state index contributed by atoms with van der Waals surface area (Å²) in [5, 5.41) is 3.37. The van der Waals surface area contributed by atoms with Crippen molar-refractivity contribution in [1.82, 2.24) is 9.88 Å². The molecule has 1 aromatic heterocycles. The fraction of sp³-hybridized carbons (Fsp3) is 0.688. The quantitative estimate of drug-likeness (QED) is 0.870. The van der Waals surface area contributed by atoms with Crippen LogP contribution in [0.4, 0.5) is 14.6 Å². The highest BCUT2D eigenvalue weighted by Crippen LogP contribution is 2.20. The van der Waals surface area contributed by atoms with E-state index >= 15 is 0 Å². The number of alkyl halides is 2. The number of nitrogens with one attached hydrogen (secondary N) is 1. The molecule has 2 fully saturated rings. The molecule has 3 heterocycles. The topological polar surface area (TPSA) is 46.6 Å². The van der Waals surface area contributed by atoms with Crippen molar-refractivity contribution in [2.45, 2.75) is 31.9 Å². The number of ether oxygens (including phenoxy) is 2. The summed E-state index contributed by atoms with van der Waals surface area (Å²) in [4.78, 5) is 6.63. The van der Waals surface area contributed by atoms with E-state index in [1.54, 1.807) is 6.07 Å². The third-order valence-corrected chi connectivity index (χ3v) is 4.44. The molecule has 0 aliphatic carbocycles. The van der Waals surface area contributed by atoms with E-state index in [0.717, 1.165) is 45.7 Å². The lowest BCUT2D eigenvalue weighted by Gasteiger charge is -2.33. The summed E-state index contributed by atoms with van der Waals surface area (Å²) in [7, 11) is 0. The van der Waals surface area contributed by atoms with Gasteiger partial charge in [-0.05, 0) is 37.3 Å². The molecule has 5 nitrogen and oxygen atoms in total. The van der Waals surface area contributed by atoms with Crippen LogP contribution in [-0.4, -0.2) is 55.4 Å². The summed E-state index contributed by atoms with van der Waals surface area (Å²) < 4.78 is 33.9. The van der Waals surface area contributed by atoms with E-state index in [1.807, 2.05) is 0 Å². The fourth-order valence-corrected chi connectivity index (χ4v) is 3.20. The molecule has 0 saturated carbocycles. The predicted octanol–water partition coefficient (Wildman–Crippen LogP) is 2.60. The second-order valence-electron chi connectivity index (χ2n) is 6.21. The van der Waals surface area contributed by atoms with Crippen LogP contribution >= 0.6 is 0 Å². The molecule has 7 heteroatoms. The van der Waals surface area contributed by atoms with Gasteiger partial charge in [0.25, 0.3) is 0 Å². The van der Waals surface area contributed by atoms with E-state index in [2.05, 4.69) is 19.9 Å². The van der Waals surface area contributed by atoms with E-state index in [4.69, 9.17) is 4.74 Å². The largest absolute Gasteiger partial charge is 0.433 e. The standard InChI is InChI=1S/C16H23F2N3O2/c17-16(18)23-14-1-2-15(19-9-14)20-13-3-6-21(7-4-13)10-12-5-8-22-11-12/h1-2,9,12-13,16H,3-8,10-11H2,(H,19,20). The minimum absolute atomic E-state index is 0.0825. The van der Waals surface area contributed by atoms with E-state index in [0.29, 0.717) is 17.8 Å². The Hall–Kier alpha value is -1.47. The normalized spacial score (nSPS) is 23.3. The van der Waals surface area contributed by atoms with Gasteiger partial charge >= 0.3 is 6.61 Å². The number of pyridine rings is 1. The number of hydrogen-bond donors (Lipinski definition) is 1. The number of hydrogen-bond acceptors (Lipinski definition) is 5. The van der Waals surface area contributed by atoms with Crippen molar-refractivity contribution in [2.75, 3.05) is 38.2 Å². The Kier molecular flexibility index (Phi) is 5.61. The number of aromatic nitrogens is 1. The maximum atomic E-state index is 12.1. The van der Waals surface area contributed by atoms with Gasteiger partial charge in [-0.15, -0.1) is 0 Å². The van der Waals surface area contributed by atoms with Crippen LogP contribution < -0.4 is 10.1 Å². The molecule has 2 aliphatic rings. The van der Waals surface area contributed by atoms with Gasteiger partial charge in [-0.25, -0.2) is 4.98 Å². The molecule has 1 atom stereocenters. The average Bonchev–Trinajstić information content (AvgIpc) is 3.04. The average molecular weight is 327 g/mol. The van der Waals surface area contributed by atoms with Crippen LogP contribution in [0.25, 0.3) is 0 Å². The van der Waals surface area contributed by atoms with Crippen molar-refractivity contribution >= 4 is 5.82 Å². The van der Waals surface area contributed by atoms with E-state index in [-0.39, 0.29) is 5.75 Å². The van der Waals surface area contributed by atoms with Gasteiger partial charge in [-0.3, -0.25) is 0 Å². The molecular formula is C16H23F2N3O2. The van der Waals surface area contributed by atoms with E-state index in [1.165, 1.54) is 18.7 Å². The molecule has 1 N–H and O–H groups in total. The molecular weight excluding hydrogens is 304 g/mol. The van der Waals surface area contributed by atoms with Gasteiger partial charge < -0.3 is 19.7 Å². The Balaban J connectivity index is 1.41. The molecule has 23 heavy (non-hydrogen) atoms. The molecule has 0 bridgehead atoms. The van der Waals surface area contributed by atoms with Crippen molar-refractivity contribution in [3.8, 4) is 5.75 Å². The third-order valence-electron chi connectivity index (χ3n) is 4.44. The lowest BCUT2D eigenvalue weighted by Crippen LogP contribution is -2.41. The Morgan fingerprint density at radius 3 is 2.74 bits per heavy atom. The first kappa shape index (κ1) is 16.4. The van der Waals surface area contributed by atoms with Crippen molar-refractivity contribution in [3.05, 3.63) is 18.3 Å². The highest BCUT2D eigenvalue weighted by Gasteiger charge is 2.23. The SMILES string of the molecule is FC(F)Oc1ccc(NC2CCN(CC3CCOC3)CC2)nc1. The molecule has 1 aromatic rings. The Morgan fingerprint density at radius 1 is 1.30 bits per heavy atom. The minimum atomic E-state index is -2.81. The fourth-order valence-electron chi connectivity index (χ4n) is 3.20. The van der Waals surface area contributed by atoms with Gasteiger partial charge in [0.15, 0.2) is 0 Å². The highest BCUT2D eigenvalue weighted by atomic mass is 19.3. The second kappa shape index (κ2) is 7.88. The van der Waals surface area contributed by atoms with E-state index in [9.17, 15) is 8.78 Å². The molecule has 0 aromatic carbocycles. The Labute approximate surface area is 135 Å². The summed E-state index contributed by atoms with van der Waals surface area (Å²) in [5.41, 5.74) is 0. The Morgan fingerprint density at radius 2 is 2.13 bits per heavy atom. The number of rotatable bonds is 6. The summed E-state index contributed by atoms with van der Waals surface area (Å²) in [6, 6.07) is 3.57. The van der Waals surface area contributed by atoms with Crippen LogP contribution in [0.1, 0.15) is 19.3 Å². The zero-order valence-electron chi connectivity index (χ0n) is 13.1. The van der Waals surface area contributed by atoms with Crippen molar-refractivity contribution in [2.24, 2.45) is 5.92 Å². The molecule has 2 aliphatic heterocycles. The van der Waals surface area contributed by atoms with Crippen LogP contribution in [0.5, 0.6) is 5.75 Å². The van der Waals surface area contributed by atoms with Crippen molar-refractivity contribution < 1.29 is 18.3 Å².